The van der Waals surface area contributed by atoms with E-state index in [2.05, 4.69) is 55.8 Å². The van der Waals surface area contributed by atoms with E-state index < -0.39 is 0 Å². The highest BCUT2D eigenvalue weighted by molar-refractivity contribution is 14.0. The summed E-state index contributed by atoms with van der Waals surface area (Å²) in [5, 5.41) is 6.89. The number of aliphatic imine (C=N–C) groups is 1. The number of guanidine groups is 1. The molecule has 1 unspecified atom stereocenters. The highest BCUT2D eigenvalue weighted by Gasteiger charge is 2.31. The van der Waals surface area contributed by atoms with E-state index in [-0.39, 0.29) is 24.0 Å². The summed E-state index contributed by atoms with van der Waals surface area (Å²) in [5.74, 6) is 0.911. The molecule has 0 saturated carbocycles. The van der Waals surface area contributed by atoms with Crippen LogP contribution in [-0.2, 0) is 6.42 Å². The number of fused-ring (bicyclic) bond motifs is 3. The van der Waals surface area contributed by atoms with Gasteiger partial charge in [-0.25, -0.2) is 0 Å². The second kappa shape index (κ2) is 9.44. The predicted molar refractivity (Wildman–Crippen MR) is 107 cm³/mol. The van der Waals surface area contributed by atoms with E-state index in [0.717, 1.165) is 25.5 Å². The molecule has 3 saturated heterocycles. The van der Waals surface area contributed by atoms with Gasteiger partial charge in [0.1, 0.15) is 0 Å². The highest BCUT2D eigenvalue weighted by atomic mass is 127. The summed E-state index contributed by atoms with van der Waals surface area (Å²) in [6, 6.07) is 11.2. The topological polar surface area (TPSA) is 42.9 Å². The minimum atomic E-state index is 0. The van der Waals surface area contributed by atoms with Crippen molar-refractivity contribution in [2.45, 2.75) is 12.5 Å². The molecule has 0 radical (unpaired) electrons. The molecule has 0 spiro atoms. The lowest BCUT2D eigenvalue weighted by Crippen LogP contribution is -2.63. The Bertz CT molecular complexity index is 485. The summed E-state index contributed by atoms with van der Waals surface area (Å²) in [4.78, 5) is 9.50. The van der Waals surface area contributed by atoms with Crippen molar-refractivity contribution in [3.63, 3.8) is 0 Å². The molecule has 3 heterocycles. The van der Waals surface area contributed by atoms with Gasteiger partial charge in [-0.05, 0) is 12.0 Å². The predicted octanol–water partition coefficient (Wildman–Crippen LogP) is 1.01. The summed E-state index contributed by atoms with van der Waals surface area (Å²) in [5.41, 5.74) is 1.36. The fraction of sp³-hybridized carbons (Fsp3) is 0.588. The van der Waals surface area contributed by atoms with Crippen LogP contribution in [0.3, 0.4) is 0 Å². The molecule has 4 rings (SSSR count). The molecule has 1 aromatic carbocycles. The molecule has 2 bridgehead atoms. The monoisotopic (exact) mass is 429 g/mol. The smallest absolute Gasteiger partial charge is 0.191 e. The van der Waals surface area contributed by atoms with Crippen LogP contribution >= 0.6 is 24.0 Å². The maximum absolute atomic E-state index is 4.33. The maximum atomic E-state index is 4.33. The standard InChI is InChI=1S/C17H27N5.HI/c1-18-17(19-8-7-15-5-3-2-4-6-15)20-13-16-14-21-9-11-22(16)12-10-21;/h2-6,16H,7-14H2,1H3,(H2,18,19,20);1H. The van der Waals surface area contributed by atoms with Gasteiger partial charge in [0, 0.05) is 58.9 Å². The molecule has 0 aliphatic carbocycles. The van der Waals surface area contributed by atoms with Crippen molar-refractivity contribution < 1.29 is 0 Å². The molecular formula is C17H28IN5. The zero-order valence-electron chi connectivity index (χ0n) is 13.9. The van der Waals surface area contributed by atoms with Gasteiger partial charge in [-0.1, -0.05) is 30.3 Å². The van der Waals surface area contributed by atoms with Crippen LogP contribution in [0.4, 0.5) is 0 Å². The number of hydrogen-bond acceptors (Lipinski definition) is 3. The Hall–Kier alpha value is -0.860. The molecule has 128 valence electrons. The third kappa shape index (κ3) is 5.32. The number of piperazine rings is 3. The molecule has 3 fully saturated rings. The first kappa shape index (κ1) is 18.5. The van der Waals surface area contributed by atoms with E-state index in [1.54, 1.807) is 0 Å². The van der Waals surface area contributed by atoms with Crippen molar-refractivity contribution in [1.29, 1.82) is 0 Å². The van der Waals surface area contributed by atoms with Crippen molar-refractivity contribution in [3.05, 3.63) is 35.9 Å². The summed E-state index contributed by atoms with van der Waals surface area (Å²) in [6.45, 7) is 7.97. The summed E-state index contributed by atoms with van der Waals surface area (Å²) in [6.07, 6.45) is 1.02. The van der Waals surface area contributed by atoms with Crippen LogP contribution in [0.1, 0.15) is 5.56 Å². The van der Waals surface area contributed by atoms with E-state index in [9.17, 15) is 0 Å². The molecular weight excluding hydrogens is 401 g/mol. The first-order valence-corrected chi connectivity index (χ1v) is 8.30. The zero-order chi connectivity index (χ0) is 15.2. The summed E-state index contributed by atoms with van der Waals surface area (Å²) < 4.78 is 0. The Morgan fingerprint density at radius 3 is 2.48 bits per heavy atom. The molecule has 2 N–H and O–H groups in total. The van der Waals surface area contributed by atoms with Gasteiger partial charge in [0.2, 0.25) is 0 Å². The average molecular weight is 429 g/mol. The summed E-state index contributed by atoms with van der Waals surface area (Å²) >= 11 is 0. The first-order chi connectivity index (χ1) is 10.8. The van der Waals surface area contributed by atoms with Crippen LogP contribution in [0.25, 0.3) is 0 Å². The molecule has 3 aliphatic heterocycles. The van der Waals surface area contributed by atoms with Crippen molar-refractivity contribution in [2.24, 2.45) is 4.99 Å². The van der Waals surface area contributed by atoms with Gasteiger partial charge in [0.15, 0.2) is 5.96 Å². The Morgan fingerprint density at radius 2 is 1.87 bits per heavy atom. The van der Waals surface area contributed by atoms with Crippen LogP contribution in [0.15, 0.2) is 35.3 Å². The van der Waals surface area contributed by atoms with Crippen LogP contribution in [0.5, 0.6) is 0 Å². The van der Waals surface area contributed by atoms with Gasteiger partial charge >= 0.3 is 0 Å². The van der Waals surface area contributed by atoms with E-state index in [1.807, 2.05) is 7.05 Å². The zero-order valence-corrected chi connectivity index (χ0v) is 16.2. The lowest BCUT2D eigenvalue weighted by molar-refractivity contribution is 0.0154. The molecule has 0 amide bonds. The minimum absolute atomic E-state index is 0. The first-order valence-electron chi connectivity index (χ1n) is 8.30. The minimum Gasteiger partial charge on any atom is -0.356 e. The fourth-order valence-electron chi connectivity index (χ4n) is 3.32. The number of halogens is 1. The molecule has 6 heteroatoms. The van der Waals surface area contributed by atoms with Crippen LogP contribution in [-0.4, -0.2) is 74.7 Å². The van der Waals surface area contributed by atoms with Gasteiger partial charge in [0.25, 0.3) is 0 Å². The normalized spacial score (nSPS) is 26.5. The second-order valence-corrected chi connectivity index (χ2v) is 6.11. The van der Waals surface area contributed by atoms with Gasteiger partial charge < -0.3 is 10.6 Å². The van der Waals surface area contributed by atoms with E-state index in [0.29, 0.717) is 6.04 Å². The Kier molecular flexibility index (Phi) is 7.58. The van der Waals surface area contributed by atoms with E-state index in [4.69, 9.17) is 0 Å². The SMILES string of the molecule is CN=C(NCCc1ccccc1)NCC1CN2CCN1CC2.I. The average Bonchev–Trinajstić information content (AvgIpc) is 2.60. The third-order valence-corrected chi connectivity index (χ3v) is 4.67. The lowest BCUT2D eigenvalue weighted by atomic mass is 10.1. The van der Waals surface area contributed by atoms with Crippen molar-refractivity contribution in [3.8, 4) is 0 Å². The van der Waals surface area contributed by atoms with Crippen molar-refractivity contribution in [1.82, 2.24) is 20.4 Å². The molecule has 1 atom stereocenters. The Labute approximate surface area is 156 Å². The number of benzene rings is 1. The molecule has 0 aromatic heterocycles. The van der Waals surface area contributed by atoms with Crippen LogP contribution in [0.2, 0.25) is 0 Å². The van der Waals surface area contributed by atoms with Crippen molar-refractivity contribution in [2.75, 3.05) is 52.9 Å². The number of hydrogen-bond donors (Lipinski definition) is 2. The lowest BCUT2D eigenvalue weighted by Gasteiger charge is -2.47. The van der Waals surface area contributed by atoms with Crippen LogP contribution in [0, 0.1) is 0 Å². The summed E-state index contributed by atoms with van der Waals surface area (Å²) in [7, 11) is 1.84. The number of rotatable bonds is 5. The fourth-order valence-corrected chi connectivity index (χ4v) is 3.32. The third-order valence-electron chi connectivity index (χ3n) is 4.67. The molecule has 23 heavy (non-hydrogen) atoms. The Morgan fingerprint density at radius 1 is 1.13 bits per heavy atom. The van der Waals surface area contributed by atoms with Crippen molar-refractivity contribution >= 4 is 29.9 Å². The Balaban J connectivity index is 0.00000192. The largest absolute Gasteiger partial charge is 0.356 e. The highest BCUT2D eigenvalue weighted by Crippen LogP contribution is 2.14. The number of nitrogens with zero attached hydrogens (tertiary/aromatic N) is 3. The van der Waals surface area contributed by atoms with E-state index >= 15 is 0 Å². The maximum Gasteiger partial charge on any atom is 0.191 e. The van der Waals surface area contributed by atoms with Gasteiger partial charge in [-0.15, -0.1) is 24.0 Å². The second-order valence-electron chi connectivity index (χ2n) is 6.11. The molecule has 3 aliphatic rings. The number of nitrogens with one attached hydrogen (secondary N) is 2. The molecule has 5 nitrogen and oxygen atoms in total. The van der Waals surface area contributed by atoms with Gasteiger partial charge in [-0.3, -0.25) is 14.8 Å². The van der Waals surface area contributed by atoms with E-state index in [1.165, 1.54) is 38.3 Å². The van der Waals surface area contributed by atoms with Crippen LogP contribution < -0.4 is 10.6 Å². The quantitative estimate of drug-likeness (QED) is 0.417. The van der Waals surface area contributed by atoms with Gasteiger partial charge in [0.05, 0.1) is 0 Å². The van der Waals surface area contributed by atoms with Gasteiger partial charge in [-0.2, -0.15) is 0 Å². The molecule has 1 aromatic rings.